The fourth-order valence-electron chi connectivity index (χ4n) is 3.31. The minimum atomic E-state index is -0.642. The van der Waals surface area contributed by atoms with Gasteiger partial charge in [0.2, 0.25) is 0 Å². The Balaban J connectivity index is 0.00000300. The number of halogens is 1. The number of phenolic OH excluding ortho intramolecular Hbond substituents is 1. The molecule has 1 aromatic carbocycles. The van der Waals surface area contributed by atoms with Gasteiger partial charge in [0.05, 0.1) is 12.9 Å². The summed E-state index contributed by atoms with van der Waals surface area (Å²) in [7, 11) is 3.06. The van der Waals surface area contributed by atoms with Gasteiger partial charge >= 0.3 is 5.69 Å². The van der Waals surface area contributed by atoms with Crippen LogP contribution in [0.15, 0.2) is 40.2 Å². The smallest absolute Gasteiger partial charge is 0.332 e. The standard InChI is InChI=1S/C19H25N5O4.ClH/c1-12(16(26)13-5-7-14(25)8-6-13)20-9-4-10-24-11-21-17-15(24)18(27)23(3)19(28)22(17)2;/h5-8,11-12,16,20,25-26H,4,9-10H2,1-3H3;1H. The summed E-state index contributed by atoms with van der Waals surface area (Å²) in [5.74, 6) is 0.170. The largest absolute Gasteiger partial charge is 1.00 e. The van der Waals surface area contributed by atoms with Gasteiger partial charge in [-0.3, -0.25) is 13.9 Å². The van der Waals surface area contributed by atoms with Crippen LogP contribution in [-0.2, 0) is 20.6 Å². The normalized spacial score (nSPS) is 13.2. The van der Waals surface area contributed by atoms with Crippen LogP contribution in [0.5, 0.6) is 5.75 Å². The summed E-state index contributed by atoms with van der Waals surface area (Å²) in [5.41, 5.74) is 0.811. The molecule has 0 aliphatic carbocycles. The van der Waals surface area contributed by atoms with Crippen molar-refractivity contribution < 1.29 is 27.9 Å². The lowest BCUT2D eigenvalue weighted by Crippen LogP contribution is -3.00. The quantitative estimate of drug-likeness (QED) is 0.337. The molecule has 2 heterocycles. The Hall–Kier alpha value is -2.62. The lowest BCUT2D eigenvalue weighted by Gasteiger charge is -2.18. The van der Waals surface area contributed by atoms with E-state index in [1.165, 1.54) is 11.6 Å². The van der Waals surface area contributed by atoms with Gasteiger partial charge in [0.15, 0.2) is 11.2 Å². The van der Waals surface area contributed by atoms with Gasteiger partial charge in [-0.15, -0.1) is 0 Å². The zero-order chi connectivity index (χ0) is 20.4. The molecule has 9 nitrogen and oxygen atoms in total. The van der Waals surface area contributed by atoms with Crippen molar-refractivity contribution in [1.29, 1.82) is 0 Å². The number of benzene rings is 1. The highest BCUT2D eigenvalue weighted by molar-refractivity contribution is 5.69. The van der Waals surface area contributed by atoms with E-state index in [1.54, 1.807) is 42.2 Å². The van der Waals surface area contributed by atoms with E-state index in [-0.39, 0.29) is 29.8 Å². The number of fused-ring (bicyclic) bond motifs is 1. The first-order valence-corrected chi connectivity index (χ1v) is 9.22. The van der Waals surface area contributed by atoms with E-state index < -0.39 is 11.8 Å². The summed E-state index contributed by atoms with van der Waals surface area (Å²) >= 11 is 0. The number of nitrogens with zero attached hydrogens (tertiary/aromatic N) is 4. The number of aliphatic hydroxyl groups is 1. The van der Waals surface area contributed by atoms with Crippen molar-refractivity contribution >= 4 is 11.2 Å². The maximum absolute atomic E-state index is 12.4. The maximum atomic E-state index is 12.4. The van der Waals surface area contributed by atoms with Gasteiger partial charge in [-0.25, -0.2) is 9.78 Å². The third kappa shape index (κ3) is 4.52. The predicted molar refractivity (Wildman–Crippen MR) is 104 cm³/mol. The lowest BCUT2D eigenvalue weighted by atomic mass is 10.0. The van der Waals surface area contributed by atoms with Crippen molar-refractivity contribution in [2.45, 2.75) is 32.0 Å². The van der Waals surface area contributed by atoms with Crippen molar-refractivity contribution in [1.82, 2.24) is 18.7 Å². The molecular weight excluding hydrogens is 398 g/mol. The molecule has 2 atom stereocenters. The van der Waals surface area contributed by atoms with Crippen LogP contribution in [-0.4, -0.2) is 41.5 Å². The molecule has 3 rings (SSSR count). The van der Waals surface area contributed by atoms with Gasteiger partial charge in [-0.1, -0.05) is 12.1 Å². The highest BCUT2D eigenvalue weighted by Gasteiger charge is 2.19. The summed E-state index contributed by atoms with van der Waals surface area (Å²) in [6, 6.07) is 6.48. The average molecular weight is 424 g/mol. The van der Waals surface area contributed by atoms with Crippen molar-refractivity contribution in [3.63, 3.8) is 0 Å². The van der Waals surface area contributed by atoms with E-state index in [1.807, 2.05) is 12.2 Å². The number of aliphatic hydroxyl groups excluding tert-OH is 1. The van der Waals surface area contributed by atoms with Crippen molar-refractivity contribution in [2.75, 3.05) is 6.54 Å². The van der Waals surface area contributed by atoms with E-state index in [2.05, 4.69) is 4.98 Å². The number of hydrogen-bond acceptors (Lipinski definition) is 5. The highest BCUT2D eigenvalue weighted by Crippen LogP contribution is 2.18. The van der Waals surface area contributed by atoms with Crippen LogP contribution >= 0.6 is 0 Å². The van der Waals surface area contributed by atoms with E-state index >= 15 is 0 Å². The first-order chi connectivity index (χ1) is 13.3. The van der Waals surface area contributed by atoms with Gasteiger partial charge in [-0.2, -0.15) is 0 Å². The van der Waals surface area contributed by atoms with E-state index in [9.17, 15) is 19.8 Å². The Labute approximate surface area is 173 Å². The van der Waals surface area contributed by atoms with Crippen LogP contribution in [0.25, 0.3) is 11.2 Å². The minimum absolute atomic E-state index is 0. The number of aromatic nitrogens is 4. The number of aryl methyl sites for hydroxylation is 2. The molecule has 0 spiro atoms. The van der Waals surface area contributed by atoms with Gasteiger partial charge in [0.25, 0.3) is 5.56 Å². The molecule has 10 heteroatoms. The molecule has 0 fully saturated rings. The highest BCUT2D eigenvalue weighted by atomic mass is 35.5. The van der Waals surface area contributed by atoms with Crippen LogP contribution in [0.1, 0.15) is 25.0 Å². The molecule has 0 saturated heterocycles. The van der Waals surface area contributed by atoms with Gasteiger partial charge in [-0.05, 0) is 24.6 Å². The van der Waals surface area contributed by atoms with Gasteiger partial charge in [0, 0.05) is 27.1 Å². The number of rotatable bonds is 7. The SMILES string of the molecule is CC([NH2+]CCCn1cnc2c1c(=O)n(C)c(=O)n2C)C(O)c1ccc(O)cc1.[Cl-]. The third-order valence-corrected chi connectivity index (χ3v) is 5.09. The number of imidazole rings is 1. The molecule has 158 valence electrons. The molecule has 0 saturated carbocycles. The first kappa shape index (κ1) is 22.7. The molecule has 3 aromatic rings. The van der Waals surface area contributed by atoms with Crippen LogP contribution in [0.4, 0.5) is 0 Å². The molecule has 0 radical (unpaired) electrons. The zero-order valence-electron chi connectivity index (χ0n) is 16.6. The monoisotopic (exact) mass is 423 g/mol. The number of hydrogen-bond donors (Lipinski definition) is 3. The molecule has 4 N–H and O–H groups in total. The summed E-state index contributed by atoms with van der Waals surface area (Å²) in [4.78, 5) is 28.6. The second-order valence-electron chi connectivity index (χ2n) is 7.09. The summed E-state index contributed by atoms with van der Waals surface area (Å²) in [5, 5.41) is 21.8. The van der Waals surface area contributed by atoms with Gasteiger partial charge < -0.3 is 32.5 Å². The fraction of sp³-hybridized carbons (Fsp3) is 0.421. The molecule has 2 aromatic heterocycles. The predicted octanol–water partition coefficient (Wildman–Crippen LogP) is -3.78. The number of aromatic hydroxyl groups is 1. The van der Waals surface area contributed by atoms with Crippen molar-refractivity contribution in [3.05, 3.63) is 57.0 Å². The molecule has 0 aliphatic heterocycles. The Kier molecular flexibility index (Phi) is 7.23. The lowest BCUT2D eigenvalue weighted by molar-refractivity contribution is -0.694. The van der Waals surface area contributed by atoms with E-state index in [0.29, 0.717) is 17.7 Å². The Morgan fingerprint density at radius 2 is 1.79 bits per heavy atom. The minimum Gasteiger partial charge on any atom is -1.00 e. The number of quaternary nitrogens is 1. The molecule has 0 amide bonds. The third-order valence-electron chi connectivity index (χ3n) is 5.09. The molecule has 29 heavy (non-hydrogen) atoms. The van der Waals surface area contributed by atoms with Crippen LogP contribution in [0.3, 0.4) is 0 Å². The molecule has 0 bridgehead atoms. The van der Waals surface area contributed by atoms with Crippen molar-refractivity contribution in [3.8, 4) is 5.75 Å². The van der Waals surface area contributed by atoms with Crippen LogP contribution in [0, 0.1) is 0 Å². The van der Waals surface area contributed by atoms with Crippen LogP contribution in [0.2, 0.25) is 0 Å². The maximum Gasteiger partial charge on any atom is 0.332 e. The molecule has 0 aliphatic rings. The summed E-state index contributed by atoms with van der Waals surface area (Å²) in [6.45, 7) is 3.28. The second kappa shape index (κ2) is 9.25. The Bertz CT molecular complexity index is 1090. The summed E-state index contributed by atoms with van der Waals surface area (Å²) in [6.07, 6.45) is 1.71. The fourth-order valence-corrected chi connectivity index (χ4v) is 3.31. The van der Waals surface area contributed by atoms with E-state index in [0.717, 1.165) is 23.1 Å². The van der Waals surface area contributed by atoms with E-state index in [4.69, 9.17) is 0 Å². The molecular formula is C19H26ClN5O4. The summed E-state index contributed by atoms with van der Waals surface area (Å²) < 4.78 is 4.23. The average Bonchev–Trinajstić information content (AvgIpc) is 3.12. The number of phenols is 1. The Morgan fingerprint density at radius 3 is 2.45 bits per heavy atom. The second-order valence-corrected chi connectivity index (χ2v) is 7.09. The first-order valence-electron chi connectivity index (χ1n) is 9.22. The Morgan fingerprint density at radius 1 is 1.14 bits per heavy atom. The molecule has 2 unspecified atom stereocenters. The van der Waals surface area contributed by atoms with Crippen LogP contribution < -0.4 is 29.0 Å². The zero-order valence-corrected chi connectivity index (χ0v) is 17.4. The topological polar surface area (TPSA) is 119 Å². The van der Waals surface area contributed by atoms with Gasteiger partial charge in [0.1, 0.15) is 17.9 Å². The van der Waals surface area contributed by atoms with Crippen molar-refractivity contribution in [2.24, 2.45) is 14.1 Å². The number of nitrogens with two attached hydrogens (primary N) is 1.